The lowest BCUT2D eigenvalue weighted by Crippen LogP contribution is -2.50. The van der Waals surface area contributed by atoms with Gasteiger partial charge in [-0.1, -0.05) is 23.2 Å². The molecule has 0 aliphatic heterocycles. The minimum Gasteiger partial charge on any atom is -0.392 e. The number of benzene rings is 1. The molecule has 1 N–H and O–H groups in total. The SMILES string of the molecule is CN(C)[C@H]1CC[C@@H]2c3cc(Cl)c(Cl)cc3C[C@H]1[C@@H]2O.Cl. The van der Waals surface area contributed by atoms with E-state index in [9.17, 15) is 5.11 Å². The minimum absolute atomic E-state index is 0. The predicted octanol–water partition coefficient (Wildman–Crippen LogP) is 3.76. The third kappa shape index (κ3) is 2.57. The highest BCUT2D eigenvalue weighted by Crippen LogP contribution is 2.46. The molecule has 3 rings (SSSR count). The predicted molar refractivity (Wildman–Crippen MR) is 86.4 cm³/mol. The second kappa shape index (κ2) is 6.02. The van der Waals surface area contributed by atoms with Crippen LogP contribution in [0.1, 0.15) is 29.9 Å². The standard InChI is InChI=1S/C15H19Cl2NO.ClH/c1-18(2)14-4-3-9-10-7-13(17)12(16)6-8(10)5-11(14)15(9)19;/h6-7,9,11,14-15,19H,3-5H2,1-2H3;1H/t9-,11-,14+,15-;/m1./s1. The molecule has 20 heavy (non-hydrogen) atoms. The number of halogens is 3. The highest BCUT2D eigenvalue weighted by molar-refractivity contribution is 6.42. The molecule has 0 aromatic heterocycles. The monoisotopic (exact) mass is 335 g/mol. The van der Waals surface area contributed by atoms with Crippen molar-refractivity contribution < 1.29 is 5.11 Å². The maximum atomic E-state index is 10.6. The molecule has 2 aliphatic rings. The van der Waals surface area contributed by atoms with Crippen LogP contribution in [0.15, 0.2) is 12.1 Å². The van der Waals surface area contributed by atoms with Gasteiger partial charge in [-0.25, -0.2) is 0 Å². The number of hydrogen-bond acceptors (Lipinski definition) is 2. The summed E-state index contributed by atoms with van der Waals surface area (Å²) in [6, 6.07) is 4.40. The maximum absolute atomic E-state index is 10.6. The van der Waals surface area contributed by atoms with Crippen molar-refractivity contribution in [3.63, 3.8) is 0 Å². The summed E-state index contributed by atoms with van der Waals surface area (Å²) >= 11 is 12.3. The molecular weight excluding hydrogens is 317 g/mol. The van der Waals surface area contributed by atoms with Gasteiger partial charge in [-0.05, 0) is 56.6 Å². The van der Waals surface area contributed by atoms with E-state index in [4.69, 9.17) is 23.2 Å². The Morgan fingerprint density at radius 3 is 2.45 bits per heavy atom. The Balaban J connectivity index is 0.00000147. The number of hydrogen-bond donors (Lipinski definition) is 1. The van der Waals surface area contributed by atoms with Crippen molar-refractivity contribution in [3.05, 3.63) is 33.3 Å². The van der Waals surface area contributed by atoms with Gasteiger partial charge in [-0.2, -0.15) is 0 Å². The lowest BCUT2D eigenvalue weighted by Gasteiger charge is -2.47. The molecule has 0 heterocycles. The first-order valence-electron chi connectivity index (χ1n) is 6.81. The van der Waals surface area contributed by atoms with Gasteiger partial charge in [-0.3, -0.25) is 0 Å². The fourth-order valence-corrected chi connectivity index (χ4v) is 4.24. The van der Waals surface area contributed by atoms with Crippen LogP contribution < -0.4 is 0 Å². The van der Waals surface area contributed by atoms with Gasteiger partial charge in [0.2, 0.25) is 0 Å². The summed E-state index contributed by atoms with van der Waals surface area (Å²) in [5.74, 6) is 0.526. The Labute approximate surface area is 136 Å². The average molecular weight is 337 g/mol. The number of aliphatic hydroxyl groups excluding tert-OH is 1. The largest absolute Gasteiger partial charge is 0.392 e. The van der Waals surface area contributed by atoms with Crippen LogP contribution in [-0.4, -0.2) is 36.2 Å². The van der Waals surface area contributed by atoms with Gasteiger partial charge in [0, 0.05) is 17.9 Å². The molecule has 0 unspecified atom stereocenters. The van der Waals surface area contributed by atoms with E-state index in [0.29, 0.717) is 22.0 Å². The Morgan fingerprint density at radius 1 is 1.15 bits per heavy atom. The van der Waals surface area contributed by atoms with Crippen molar-refractivity contribution in [2.75, 3.05) is 14.1 Å². The average Bonchev–Trinajstić information content (AvgIpc) is 2.33. The van der Waals surface area contributed by atoms with Crippen molar-refractivity contribution in [1.29, 1.82) is 0 Å². The molecule has 1 aromatic carbocycles. The molecule has 112 valence electrons. The Kier molecular flexibility index (Phi) is 4.93. The van der Waals surface area contributed by atoms with Gasteiger partial charge in [0.05, 0.1) is 16.1 Å². The summed E-state index contributed by atoms with van der Waals surface area (Å²) in [7, 11) is 4.20. The van der Waals surface area contributed by atoms with E-state index in [1.54, 1.807) is 0 Å². The zero-order valence-corrected chi connectivity index (χ0v) is 14.0. The van der Waals surface area contributed by atoms with E-state index >= 15 is 0 Å². The lowest BCUT2D eigenvalue weighted by molar-refractivity contribution is -0.00781. The topological polar surface area (TPSA) is 23.5 Å². The van der Waals surface area contributed by atoms with Gasteiger partial charge in [0.25, 0.3) is 0 Å². The third-order valence-electron chi connectivity index (χ3n) is 4.82. The Morgan fingerprint density at radius 2 is 1.80 bits per heavy atom. The number of nitrogens with zero attached hydrogens (tertiary/aromatic N) is 1. The molecule has 0 spiro atoms. The molecule has 1 saturated carbocycles. The van der Waals surface area contributed by atoms with Crippen molar-refractivity contribution in [1.82, 2.24) is 4.90 Å². The Bertz CT molecular complexity index is 506. The number of rotatable bonds is 1. The molecule has 0 radical (unpaired) electrons. The van der Waals surface area contributed by atoms with Crippen LogP contribution in [0.25, 0.3) is 0 Å². The highest BCUT2D eigenvalue weighted by Gasteiger charge is 2.44. The van der Waals surface area contributed by atoms with Crippen molar-refractivity contribution >= 4 is 35.6 Å². The molecular formula is C15H20Cl3NO. The summed E-state index contributed by atoms with van der Waals surface area (Å²) in [4.78, 5) is 2.24. The fourth-order valence-electron chi connectivity index (χ4n) is 3.88. The zero-order valence-electron chi connectivity index (χ0n) is 11.6. The second-order valence-corrected chi connectivity index (χ2v) is 6.85. The van der Waals surface area contributed by atoms with Crippen molar-refractivity contribution in [2.45, 2.75) is 37.3 Å². The maximum Gasteiger partial charge on any atom is 0.0655 e. The third-order valence-corrected chi connectivity index (χ3v) is 5.54. The van der Waals surface area contributed by atoms with Gasteiger partial charge in [-0.15, -0.1) is 12.4 Å². The van der Waals surface area contributed by atoms with Gasteiger partial charge in [0.1, 0.15) is 0 Å². The van der Waals surface area contributed by atoms with E-state index in [2.05, 4.69) is 19.0 Å². The molecule has 4 atom stereocenters. The van der Waals surface area contributed by atoms with E-state index in [-0.39, 0.29) is 24.4 Å². The smallest absolute Gasteiger partial charge is 0.0655 e. The first-order chi connectivity index (χ1) is 8.99. The van der Waals surface area contributed by atoms with E-state index < -0.39 is 0 Å². The fraction of sp³-hybridized carbons (Fsp3) is 0.600. The number of aliphatic hydroxyl groups is 1. The molecule has 2 nitrogen and oxygen atoms in total. The molecule has 2 aliphatic carbocycles. The summed E-state index contributed by atoms with van der Waals surface area (Å²) < 4.78 is 0. The summed E-state index contributed by atoms with van der Waals surface area (Å²) in [6.45, 7) is 0. The quantitative estimate of drug-likeness (QED) is 0.844. The molecule has 1 fully saturated rings. The lowest BCUT2D eigenvalue weighted by atomic mass is 9.65. The van der Waals surface area contributed by atoms with Gasteiger partial charge < -0.3 is 10.0 Å². The van der Waals surface area contributed by atoms with Crippen LogP contribution in [-0.2, 0) is 6.42 Å². The number of fused-ring (bicyclic) bond motifs is 4. The highest BCUT2D eigenvalue weighted by atomic mass is 35.5. The molecule has 0 amide bonds. The minimum atomic E-state index is -0.258. The van der Waals surface area contributed by atoms with E-state index in [0.717, 1.165) is 19.3 Å². The summed E-state index contributed by atoms with van der Waals surface area (Å²) in [5.41, 5.74) is 2.47. The molecule has 1 aromatic rings. The summed E-state index contributed by atoms with van der Waals surface area (Å²) in [5, 5.41) is 11.8. The Hall–Kier alpha value is 0.01000. The first-order valence-corrected chi connectivity index (χ1v) is 7.57. The second-order valence-electron chi connectivity index (χ2n) is 6.04. The normalized spacial score (nSPS) is 31.7. The van der Waals surface area contributed by atoms with Gasteiger partial charge in [0.15, 0.2) is 0 Å². The van der Waals surface area contributed by atoms with Gasteiger partial charge >= 0.3 is 0 Å². The summed E-state index contributed by atoms with van der Waals surface area (Å²) in [6.07, 6.45) is 2.79. The van der Waals surface area contributed by atoms with Crippen molar-refractivity contribution in [2.24, 2.45) is 5.92 Å². The van der Waals surface area contributed by atoms with Crippen LogP contribution in [0.4, 0.5) is 0 Å². The van der Waals surface area contributed by atoms with E-state index in [1.165, 1.54) is 11.1 Å². The van der Waals surface area contributed by atoms with Crippen LogP contribution in [0.3, 0.4) is 0 Å². The van der Waals surface area contributed by atoms with Crippen molar-refractivity contribution in [3.8, 4) is 0 Å². The van der Waals surface area contributed by atoms with Crippen LogP contribution in [0.5, 0.6) is 0 Å². The van der Waals surface area contributed by atoms with Crippen LogP contribution >= 0.6 is 35.6 Å². The van der Waals surface area contributed by atoms with E-state index in [1.807, 2.05) is 12.1 Å². The molecule has 0 saturated heterocycles. The van der Waals surface area contributed by atoms with Crippen LogP contribution in [0.2, 0.25) is 10.0 Å². The first kappa shape index (κ1) is 16.4. The zero-order chi connectivity index (χ0) is 13.7. The molecule has 5 heteroatoms. The van der Waals surface area contributed by atoms with Crippen LogP contribution in [0, 0.1) is 5.92 Å². The molecule has 2 bridgehead atoms.